The Morgan fingerprint density at radius 2 is 1.96 bits per heavy atom. The van der Waals surface area contributed by atoms with Gasteiger partial charge in [-0.25, -0.2) is 18.6 Å². The average molecular weight is 335 g/mol. The molecule has 2 aromatic heterocycles. The van der Waals surface area contributed by atoms with Crippen LogP contribution in [0.5, 0.6) is 0 Å². The highest BCUT2D eigenvalue weighted by molar-refractivity contribution is 5.73. The molecule has 0 aromatic carbocycles. The predicted molar refractivity (Wildman–Crippen MR) is 83.7 cm³/mol. The van der Waals surface area contributed by atoms with Crippen LogP contribution in [0.25, 0.3) is 11.3 Å². The summed E-state index contributed by atoms with van der Waals surface area (Å²) in [5.74, 6) is -1.32. The van der Waals surface area contributed by atoms with Crippen LogP contribution in [0.2, 0.25) is 0 Å². The molecule has 24 heavy (non-hydrogen) atoms. The number of carbonyl (C=O) groups is 1. The van der Waals surface area contributed by atoms with Crippen LogP contribution in [0.3, 0.4) is 0 Å². The van der Waals surface area contributed by atoms with Gasteiger partial charge in [-0.05, 0) is 40.5 Å². The number of ether oxygens (including phenoxy) is 1. The topological polar surface area (TPSA) is 57.0 Å². The largest absolute Gasteiger partial charge is 0.442 e. The van der Waals surface area contributed by atoms with Crippen LogP contribution in [-0.2, 0) is 4.74 Å². The minimum atomic E-state index is -0.774. The van der Waals surface area contributed by atoms with Crippen molar-refractivity contribution >= 4 is 6.09 Å². The van der Waals surface area contributed by atoms with Gasteiger partial charge in [-0.15, -0.1) is 0 Å². The Balaban J connectivity index is 2.05. The van der Waals surface area contributed by atoms with E-state index in [4.69, 9.17) is 4.74 Å². The molecule has 0 bridgehead atoms. The van der Waals surface area contributed by atoms with Crippen LogP contribution in [0.1, 0.15) is 50.9 Å². The summed E-state index contributed by atoms with van der Waals surface area (Å²) in [6.07, 6.45) is 2.60. The lowest BCUT2D eigenvalue weighted by Gasteiger charge is -2.18. The van der Waals surface area contributed by atoms with Crippen LogP contribution >= 0.6 is 0 Å². The third-order valence-corrected chi connectivity index (χ3v) is 3.65. The predicted octanol–water partition coefficient (Wildman–Crippen LogP) is 4.19. The molecule has 0 radical (unpaired) electrons. The molecular formula is C17H19F2N3O2. The van der Waals surface area contributed by atoms with E-state index in [9.17, 15) is 13.6 Å². The maximum Gasteiger partial charge on any atom is 0.435 e. The first-order valence-corrected chi connectivity index (χ1v) is 7.81. The van der Waals surface area contributed by atoms with E-state index in [0.717, 1.165) is 23.6 Å². The number of rotatable bonds is 2. The number of nitrogens with zero attached hydrogens (tertiary/aromatic N) is 3. The number of aryl methyl sites for hydroxylation is 1. The lowest BCUT2D eigenvalue weighted by molar-refractivity contribution is 0.0514. The summed E-state index contributed by atoms with van der Waals surface area (Å²) < 4.78 is 34.0. The molecule has 2 aromatic rings. The van der Waals surface area contributed by atoms with Gasteiger partial charge in [-0.2, -0.15) is 9.78 Å². The number of carbonyl (C=O) groups excluding carboxylic acids is 1. The van der Waals surface area contributed by atoms with Crippen molar-refractivity contribution < 1.29 is 18.3 Å². The van der Waals surface area contributed by atoms with Crippen LogP contribution in [0.15, 0.2) is 12.3 Å². The molecule has 1 aliphatic carbocycles. The molecule has 128 valence electrons. The van der Waals surface area contributed by atoms with Crippen molar-refractivity contribution in [3.63, 3.8) is 0 Å². The van der Waals surface area contributed by atoms with Gasteiger partial charge in [0.1, 0.15) is 17.1 Å². The van der Waals surface area contributed by atoms with Crippen LogP contribution in [0, 0.1) is 18.6 Å². The van der Waals surface area contributed by atoms with Crippen LogP contribution in [0.4, 0.5) is 13.6 Å². The highest BCUT2D eigenvalue weighted by atomic mass is 19.1. The molecular weight excluding hydrogens is 316 g/mol. The molecule has 7 heteroatoms. The molecule has 0 unspecified atom stereocenters. The molecule has 0 spiro atoms. The second kappa shape index (κ2) is 5.65. The summed E-state index contributed by atoms with van der Waals surface area (Å²) in [4.78, 5) is 16.2. The monoisotopic (exact) mass is 335 g/mol. The zero-order chi connectivity index (χ0) is 17.6. The smallest absolute Gasteiger partial charge is 0.435 e. The standard InChI is InChI=1S/C17H19F2N3O2/c1-9-12(18)7-13(19)15(20-9)11-8-22(16(23)24-17(2,3)4)21-14(11)10-5-6-10/h7-8,10H,5-6H2,1-4H3. The van der Waals surface area contributed by atoms with Gasteiger partial charge >= 0.3 is 6.09 Å². The maximum absolute atomic E-state index is 14.2. The number of hydrogen-bond donors (Lipinski definition) is 0. The summed E-state index contributed by atoms with van der Waals surface area (Å²) in [6.45, 7) is 6.72. The van der Waals surface area contributed by atoms with Crippen LogP contribution in [-0.4, -0.2) is 26.5 Å². The lowest BCUT2D eigenvalue weighted by Crippen LogP contribution is -2.27. The van der Waals surface area contributed by atoms with Gasteiger partial charge in [-0.3, -0.25) is 0 Å². The zero-order valence-corrected chi connectivity index (χ0v) is 14.1. The molecule has 3 rings (SSSR count). The van der Waals surface area contributed by atoms with Crippen molar-refractivity contribution in [2.75, 3.05) is 0 Å². The van der Waals surface area contributed by atoms with E-state index >= 15 is 0 Å². The maximum atomic E-state index is 14.2. The average Bonchev–Trinajstić information content (AvgIpc) is 3.20. The first kappa shape index (κ1) is 16.5. The minimum absolute atomic E-state index is 0.00519. The summed E-state index contributed by atoms with van der Waals surface area (Å²) in [7, 11) is 0. The number of pyridine rings is 1. The normalized spacial score (nSPS) is 14.8. The molecule has 0 saturated heterocycles. The quantitative estimate of drug-likeness (QED) is 0.825. The van der Waals surface area contributed by atoms with Crippen molar-refractivity contribution in [3.8, 4) is 11.3 Å². The molecule has 1 fully saturated rings. The van der Waals surface area contributed by atoms with E-state index in [1.54, 1.807) is 20.8 Å². The second-order valence-electron chi connectivity index (χ2n) is 7.01. The molecule has 0 N–H and O–H groups in total. The Kier molecular flexibility index (Phi) is 3.89. The highest BCUT2D eigenvalue weighted by Crippen LogP contribution is 2.43. The van der Waals surface area contributed by atoms with E-state index in [1.807, 2.05) is 0 Å². The van der Waals surface area contributed by atoms with Gasteiger partial charge < -0.3 is 4.74 Å². The van der Waals surface area contributed by atoms with Gasteiger partial charge in [0.2, 0.25) is 0 Å². The molecule has 0 aliphatic heterocycles. The molecule has 2 heterocycles. The van der Waals surface area contributed by atoms with E-state index in [1.165, 1.54) is 13.1 Å². The number of halogens is 2. The van der Waals surface area contributed by atoms with Gasteiger partial charge in [-0.1, -0.05) is 0 Å². The van der Waals surface area contributed by atoms with E-state index in [-0.39, 0.29) is 17.3 Å². The SMILES string of the molecule is Cc1nc(-c2cn(C(=O)OC(C)(C)C)nc2C2CC2)c(F)cc1F. The molecule has 0 amide bonds. The highest BCUT2D eigenvalue weighted by Gasteiger charge is 2.32. The van der Waals surface area contributed by atoms with Crippen molar-refractivity contribution in [1.82, 2.24) is 14.8 Å². The third-order valence-electron chi connectivity index (χ3n) is 3.65. The molecule has 5 nitrogen and oxygen atoms in total. The molecule has 0 atom stereocenters. The van der Waals surface area contributed by atoms with Crippen molar-refractivity contribution in [3.05, 3.63) is 35.3 Å². The lowest BCUT2D eigenvalue weighted by atomic mass is 10.1. The van der Waals surface area contributed by atoms with E-state index in [0.29, 0.717) is 11.3 Å². The Hall–Kier alpha value is -2.31. The summed E-state index contributed by atoms with van der Waals surface area (Å²) >= 11 is 0. The molecule has 1 aliphatic rings. The van der Waals surface area contributed by atoms with Crippen molar-refractivity contribution in [2.24, 2.45) is 0 Å². The summed E-state index contributed by atoms with van der Waals surface area (Å²) in [6, 6.07) is 0.805. The Morgan fingerprint density at radius 3 is 2.54 bits per heavy atom. The van der Waals surface area contributed by atoms with Gasteiger partial charge in [0.05, 0.1) is 11.4 Å². The van der Waals surface area contributed by atoms with Gasteiger partial charge in [0.15, 0.2) is 5.82 Å². The van der Waals surface area contributed by atoms with E-state index in [2.05, 4.69) is 10.1 Å². The Bertz CT molecular complexity index is 805. The number of aromatic nitrogens is 3. The van der Waals surface area contributed by atoms with Gasteiger partial charge in [0, 0.05) is 23.7 Å². The number of hydrogen-bond acceptors (Lipinski definition) is 4. The fraction of sp³-hybridized carbons (Fsp3) is 0.471. The second-order valence-corrected chi connectivity index (χ2v) is 7.01. The minimum Gasteiger partial charge on any atom is -0.442 e. The fourth-order valence-corrected chi connectivity index (χ4v) is 2.38. The Morgan fingerprint density at radius 1 is 1.29 bits per heavy atom. The van der Waals surface area contributed by atoms with E-state index < -0.39 is 23.3 Å². The summed E-state index contributed by atoms with van der Waals surface area (Å²) in [5, 5.41) is 4.27. The first-order chi connectivity index (χ1) is 11.2. The summed E-state index contributed by atoms with van der Waals surface area (Å²) in [5.41, 5.74) is 0.435. The van der Waals surface area contributed by atoms with Crippen LogP contribution < -0.4 is 0 Å². The van der Waals surface area contributed by atoms with Crippen molar-refractivity contribution in [2.45, 2.75) is 52.1 Å². The van der Waals surface area contributed by atoms with Crippen molar-refractivity contribution in [1.29, 1.82) is 0 Å². The van der Waals surface area contributed by atoms with Gasteiger partial charge in [0.25, 0.3) is 0 Å². The molecule has 1 saturated carbocycles. The third kappa shape index (κ3) is 3.29. The Labute approximate surface area is 138 Å². The fourth-order valence-electron chi connectivity index (χ4n) is 2.38. The first-order valence-electron chi connectivity index (χ1n) is 7.81. The zero-order valence-electron chi connectivity index (χ0n) is 14.1.